The van der Waals surface area contributed by atoms with Crippen LogP contribution >= 0.6 is 0 Å². The molecule has 1 N–H and O–H groups in total. The average Bonchev–Trinajstić information content (AvgIpc) is 3.18. The van der Waals surface area contributed by atoms with Gasteiger partial charge in [-0.15, -0.1) is 0 Å². The molecule has 1 fully saturated rings. The predicted molar refractivity (Wildman–Crippen MR) is 134 cm³/mol. The van der Waals surface area contributed by atoms with Gasteiger partial charge in [0.2, 0.25) is 15.9 Å². The van der Waals surface area contributed by atoms with Crippen molar-refractivity contribution in [3.8, 4) is 0 Å². The van der Waals surface area contributed by atoms with Gasteiger partial charge < -0.3 is 19.5 Å². The van der Waals surface area contributed by atoms with Crippen molar-refractivity contribution in [1.29, 1.82) is 0 Å². The normalized spacial score (nSPS) is 15.1. The Bertz CT molecular complexity index is 1250. The highest BCUT2D eigenvalue weighted by molar-refractivity contribution is 7.89. The van der Waals surface area contributed by atoms with Crippen LogP contribution in [0.1, 0.15) is 17.8 Å². The number of benzene rings is 2. The van der Waals surface area contributed by atoms with Crippen molar-refractivity contribution in [2.24, 2.45) is 7.05 Å². The van der Waals surface area contributed by atoms with Crippen LogP contribution in [0.2, 0.25) is 0 Å². The SMILES string of the molecule is CN(CCNC(=O)CCc1nc2cc(S(=O)(=O)N3CCOCC3)ccc2n1C)Cc1ccccc1. The number of nitrogens with one attached hydrogen (secondary N) is 1. The highest BCUT2D eigenvalue weighted by Crippen LogP contribution is 2.23. The molecule has 35 heavy (non-hydrogen) atoms. The zero-order valence-corrected chi connectivity index (χ0v) is 21.1. The molecule has 2 heterocycles. The molecular formula is C25H33N5O4S. The van der Waals surface area contributed by atoms with Gasteiger partial charge in [-0.3, -0.25) is 4.79 Å². The number of morpholine rings is 1. The molecule has 9 nitrogen and oxygen atoms in total. The van der Waals surface area contributed by atoms with E-state index in [1.807, 2.05) is 36.9 Å². The molecule has 1 saturated heterocycles. The van der Waals surface area contributed by atoms with Gasteiger partial charge in [0.05, 0.1) is 29.1 Å². The third-order valence-electron chi connectivity index (χ3n) is 6.24. The number of sulfonamides is 1. The van der Waals surface area contributed by atoms with Crippen LogP contribution < -0.4 is 5.32 Å². The highest BCUT2D eigenvalue weighted by Gasteiger charge is 2.27. The summed E-state index contributed by atoms with van der Waals surface area (Å²) < 4.78 is 34.6. The van der Waals surface area contributed by atoms with Gasteiger partial charge in [-0.2, -0.15) is 4.31 Å². The Morgan fingerprint density at radius 3 is 2.63 bits per heavy atom. The number of likely N-dealkylation sites (N-methyl/N-ethyl adjacent to an activating group) is 1. The second kappa shape index (κ2) is 11.3. The predicted octanol–water partition coefficient (Wildman–Crippen LogP) is 1.78. The number of hydrogen-bond acceptors (Lipinski definition) is 6. The maximum Gasteiger partial charge on any atom is 0.243 e. The Hall–Kier alpha value is -2.79. The first-order valence-corrected chi connectivity index (χ1v) is 13.3. The number of imidazole rings is 1. The summed E-state index contributed by atoms with van der Waals surface area (Å²) in [6, 6.07) is 15.2. The Kier molecular flexibility index (Phi) is 8.17. The summed E-state index contributed by atoms with van der Waals surface area (Å²) >= 11 is 0. The van der Waals surface area contributed by atoms with Gasteiger partial charge in [0.1, 0.15) is 5.82 Å². The molecule has 10 heteroatoms. The molecule has 2 aromatic carbocycles. The van der Waals surface area contributed by atoms with E-state index in [0.29, 0.717) is 51.2 Å². The number of aryl methyl sites for hydroxylation is 2. The van der Waals surface area contributed by atoms with Crippen molar-refractivity contribution < 1.29 is 17.9 Å². The summed E-state index contributed by atoms with van der Waals surface area (Å²) in [5.74, 6) is 0.720. The summed E-state index contributed by atoms with van der Waals surface area (Å²) in [5.41, 5.74) is 2.69. The average molecular weight is 500 g/mol. The van der Waals surface area contributed by atoms with E-state index in [-0.39, 0.29) is 10.8 Å². The van der Waals surface area contributed by atoms with Crippen molar-refractivity contribution in [3.05, 3.63) is 59.9 Å². The van der Waals surface area contributed by atoms with Crippen LogP contribution in [0.15, 0.2) is 53.4 Å². The highest BCUT2D eigenvalue weighted by atomic mass is 32.2. The van der Waals surface area contributed by atoms with Crippen LogP contribution in [0.5, 0.6) is 0 Å². The van der Waals surface area contributed by atoms with Crippen LogP contribution in [-0.4, -0.2) is 79.5 Å². The quantitative estimate of drug-likeness (QED) is 0.457. The summed E-state index contributed by atoms with van der Waals surface area (Å²) in [6.45, 7) is 3.68. The maximum absolute atomic E-state index is 13.0. The number of hydrogen-bond donors (Lipinski definition) is 1. The van der Waals surface area contributed by atoms with E-state index < -0.39 is 10.0 Å². The molecule has 0 aliphatic carbocycles. The first-order valence-electron chi connectivity index (χ1n) is 11.9. The lowest BCUT2D eigenvalue weighted by Crippen LogP contribution is -2.40. The van der Waals surface area contributed by atoms with Gasteiger partial charge in [0.15, 0.2) is 0 Å². The first kappa shape index (κ1) is 25.3. The Balaban J connectivity index is 1.31. The van der Waals surface area contributed by atoms with Crippen LogP contribution in [0.3, 0.4) is 0 Å². The van der Waals surface area contributed by atoms with Gasteiger partial charge >= 0.3 is 0 Å². The van der Waals surface area contributed by atoms with E-state index >= 15 is 0 Å². The topological polar surface area (TPSA) is 96.8 Å². The summed E-state index contributed by atoms with van der Waals surface area (Å²) in [6.07, 6.45) is 0.793. The second-order valence-corrected chi connectivity index (χ2v) is 10.8. The van der Waals surface area contributed by atoms with Crippen molar-refractivity contribution in [2.45, 2.75) is 24.3 Å². The third kappa shape index (κ3) is 6.26. The zero-order chi connectivity index (χ0) is 24.8. The fourth-order valence-electron chi connectivity index (χ4n) is 4.22. The monoisotopic (exact) mass is 499 g/mol. The molecule has 4 rings (SSSR count). The molecule has 1 aromatic heterocycles. The van der Waals surface area contributed by atoms with Gasteiger partial charge in [-0.1, -0.05) is 30.3 Å². The summed E-state index contributed by atoms with van der Waals surface area (Å²) in [4.78, 5) is 19.4. The maximum atomic E-state index is 13.0. The molecule has 1 aliphatic heterocycles. The summed E-state index contributed by atoms with van der Waals surface area (Å²) in [7, 11) is 0.336. The Morgan fingerprint density at radius 1 is 1.14 bits per heavy atom. The van der Waals surface area contributed by atoms with E-state index in [2.05, 4.69) is 27.3 Å². The second-order valence-electron chi connectivity index (χ2n) is 8.83. The smallest absolute Gasteiger partial charge is 0.243 e. The third-order valence-corrected chi connectivity index (χ3v) is 8.13. The van der Waals surface area contributed by atoms with Crippen molar-refractivity contribution >= 4 is 27.0 Å². The molecule has 1 aliphatic rings. The Morgan fingerprint density at radius 2 is 1.89 bits per heavy atom. The van der Waals surface area contributed by atoms with E-state index in [0.717, 1.165) is 24.4 Å². The molecule has 188 valence electrons. The molecule has 3 aromatic rings. The standard InChI is InChI=1S/C25H33N5O4S/c1-28(19-20-6-4-3-5-7-20)13-12-26-25(31)11-10-24-27-22-18-21(8-9-23(22)29(24)2)35(32,33)30-14-16-34-17-15-30/h3-9,18H,10-17,19H2,1-2H3,(H,26,31). The number of ether oxygens (including phenoxy) is 1. The molecule has 1 amide bonds. The fourth-order valence-corrected chi connectivity index (χ4v) is 5.65. The molecule has 0 atom stereocenters. The lowest BCUT2D eigenvalue weighted by Gasteiger charge is -2.26. The molecular weight excluding hydrogens is 466 g/mol. The molecule has 0 unspecified atom stereocenters. The number of carbonyl (C=O) groups is 1. The number of amides is 1. The lowest BCUT2D eigenvalue weighted by atomic mass is 10.2. The van der Waals surface area contributed by atoms with Crippen LogP contribution in [-0.2, 0) is 39.6 Å². The minimum Gasteiger partial charge on any atom is -0.379 e. The largest absolute Gasteiger partial charge is 0.379 e. The van der Waals surface area contributed by atoms with Gasteiger partial charge in [-0.05, 0) is 30.8 Å². The number of aromatic nitrogens is 2. The van der Waals surface area contributed by atoms with Gasteiger partial charge in [-0.25, -0.2) is 13.4 Å². The molecule has 0 saturated carbocycles. The minimum atomic E-state index is -3.58. The van der Waals surface area contributed by atoms with Crippen LogP contribution in [0.4, 0.5) is 0 Å². The molecule has 0 spiro atoms. The molecule has 0 radical (unpaired) electrons. The zero-order valence-electron chi connectivity index (χ0n) is 20.3. The fraction of sp³-hybridized carbons (Fsp3) is 0.440. The minimum absolute atomic E-state index is 0.0271. The Labute approximate surface area is 206 Å². The lowest BCUT2D eigenvalue weighted by molar-refractivity contribution is -0.121. The number of nitrogens with zero attached hydrogens (tertiary/aromatic N) is 4. The van der Waals surface area contributed by atoms with E-state index in [1.165, 1.54) is 9.87 Å². The van der Waals surface area contributed by atoms with Crippen LogP contribution in [0, 0.1) is 0 Å². The van der Waals surface area contributed by atoms with Crippen LogP contribution in [0.25, 0.3) is 11.0 Å². The van der Waals surface area contributed by atoms with Crippen molar-refractivity contribution in [3.63, 3.8) is 0 Å². The number of carbonyl (C=O) groups excluding carboxylic acids is 1. The molecule has 0 bridgehead atoms. The van der Waals surface area contributed by atoms with E-state index in [4.69, 9.17) is 4.74 Å². The van der Waals surface area contributed by atoms with E-state index in [1.54, 1.807) is 18.2 Å². The van der Waals surface area contributed by atoms with Gasteiger partial charge in [0, 0.05) is 52.6 Å². The van der Waals surface area contributed by atoms with Gasteiger partial charge in [0.25, 0.3) is 0 Å². The first-order chi connectivity index (χ1) is 16.8. The number of fused-ring (bicyclic) bond motifs is 1. The van der Waals surface area contributed by atoms with E-state index in [9.17, 15) is 13.2 Å². The van der Waals surface area contributed by atoms with Crippen molar-refractivity contribution in [1.82, 2.24) is 24.1 Å². The number of rotatable bonds is 10. The van der Waals surface area contributed by atoms with Crippen molar-refractivity contribution in [2.75, 3.05) is 46.4 Å². The summed E-state index contributed by atoms with van der Waals surface area (Å²) in [5, 5.41) is 2.98.